The Morgan fingerprint density at radius 2 is 1.75 bits per heavy atom. The Morgan fingerprint density at radius 1 is 0.977 bits per heavy atom. The fourth-order valence-corrected chi connectivity index (χ4v) is 6.16. The van der Waals surface area contributed by atoms with Crippen molar-refractivity contribution in [2.45, 2.75) is 44.7 Å². The van der Waals surface area contributed by atoms with Crippen molar-refractivity contribution < 1.29 is 19.1 Å². The Balaban J connectivity index is 1.19. The van der Waals surface area contributed by atoms with Gasteiger partial charge in [-0.05, 0) is 67.1 Å². The highest BCUT2D eigenvalue weighted by Crippen LogP contribution is 2.29. The lowest BCUT2D eigenvalue weighted by Gasteiger charge is -2.33. The van der Waals surface area contributed by atoms with Crippen LogP contribution in [-0.4, -0.2) is 47.5 Å². The third-order valence-corrected chi connectivity index (χ3v) is 8.58. The van der Waals surface area contributed by atoms with Gasteiger partial charge in [0.1, 0.15) is 11.3 Å². The van der Waals surface area contributed by atoms with Gasteiger partial charge in [0.05, 0.1) is 11.4 Å². The van der Waals surface area contributed by atoms with Crippen LogP contribution in [0.1, 0.15) is 47.4 Å². The van der Waals surface area contributed by atoms with Gasteiger partial charge in [-0.1, -0.05) is 53.6 Å². The summed E-state index contributed by atoms with van der Waals surface area (Å²) in [7, 11) is 0. The number of halogens is 1. The van der Waals surface area contributed by atoms with Crippen LogP contribution in [0.5, 0.6) is 5.75 Å². The maximum atomic E-state index is 13.4. The zero-order valence-electron chi connectivity index (χ0n) is 24.3. The van der Waals surface area contributed by atoms with Crippen molar-refractivity contribution in [2.75, 3.05) is 24.5 Å². The molecule has 2 N–H and O–H groups in total. The fourth-order valence-electron chi connectivity index (χ4n) is 6.04. The Kier molecular flexibility index (Phi) is 8.70. The van der Waals surface area contributed by atoms with E-state index in [-0.39, 0.29) is 34.5 Å². The number of benzene rings is 3. The Hall–Kier alpha value is -4.56. The molecule has 0 radical (unpaired) electrons. The molecule has 8 nitrogen and oxygen atoms in total. The molecule has 0 saturated carbocycles. The average Bonchev–Trinajstić information content (AvgIpc) is 3.42. The molecule has 0 aliphatic carbocycles. The number of rotatable bonds is 8. The minimum absolute atomic E-state index is 0.0537. The Bertz CT molecular complexity index is 1770. The number of nitrogens with one attached hydrogen (secondary N) is 1. The molecule has 4 aromatic rings. The van der Waals surface area contributed by atoms with Gasteiger partial charge in [0, 0.05) is 55.4 Å². The molecule has 6 rings (SSSR count). The quantitative estimate of drug-likeness (QED) is 0.243. The number of phenolic OH excluding ortho intramolecular Hbond substituents is 1. The van der Waals surface area contributed by atoms with Crippen LogP contribution in [-0.2, 0) is 17.8 Å². The third kappa shape index (κ3) is 6.81. The van der Waals surface area contributed by atoms with Gasteiger partial charge < -0.3 is 24.6 Å². The largest absolute Gasteiger partial charge is 0.508 e. The van der Waals surface area contributed by atoms with Crippen LogP contribution in [0, 0.1) is 0 Å². The smallest absolute Gasteiger partial charge is 0.287 e. The van der Waals surface area contributed by atoms with Gasteiger partial charge in [-0.3, -0.25) is 14.4 Å². The summed E-state index contributed by atoms with van der Waals surface area (Å²) in [5, 5.41) is 13.8. The van der Waals surface area contributed by atoms with E-state index in [1.54, 1.807) is 0 Å². The molecule has 0 unspecified atom stereocenters. The average molecular weight is 612 g/mol. The van der Waals surface area contributed by atoms with Gasteiger partial charge in [0.15, 0.2) is 11.2 Å². The lowest BCUT2D eigenvalue weighted by molar-refractivity contribution is -0.128. The maximum absolute atomic E-state index is 13.4. The van der Waals surface area contributed by atoms with Gasteiger partial charge in [-0.15, -0.1) is 0 Å². The second-order valence-corrected chi connectivity index (χ2v) is 11.9. The molecule has 3 aromatic carbocycles. The first-order valence-electron chi connectivity index (χ1n) is 14.9. The van der Waals surface area contributed by atoms with E-state index in [2.05, 4.69) is 28.4 Å². The summed E-state index contributed by atoms with van der Waals surface area (Å²) >= 11 is 6.11. The van der Waals surface area contributed by atoms with Crippen molar-refractivity contribution in [3.8, 4) is 5.75 Å². The van der Waals surface area contributed by atoms with E-state index in [4.69, 9.17) is 16.0 Å². The number of carbonyl (C=O) groups is 2. The van der Waals surface area contributed by atoms with E-state index >= 15 is 0 Å². The number of phenols is 1. The van der Waals surface area contributed by atoms with E-state index in [0.717, 1.165) is 55.7 Å². The lowest BCUT2D eigenvalue weighted by Crippen LogP contribution is -2.37. The number of anilines is 1. The van der Waals surface area contributed by atoms with Gasteiger partial charge in [-0.25, -0.2) is 0 Å². The summed E-state index contributed by atoms with van der Waals surface area (Å²) in [6, 6.07) is 20.9. The van der Waals surface area contributed by atoms with Crippen molar-refractivity contribution in [3.05, 3.63) is 117 Å². The topological polar surface area (TPSA) is 103 Å². The van der Waals surface area contributed by atoms with Crippen molar-refractivity contribution in [2.24, 2.45) is 0 Å². The number of likely N-dealkylation sites (tertiary alicyclic amines) is 1. The molecule has 9 heteroatoms. The standard InChI is InChI=1S/C35H34ClN3O5/c36-26-9-7-23(8-10-26)18-27(37-35(43)33-21-31(41)29-12-11-28(40)20-32(29)44-33)19-24-13-16-38(17-14-24)30-5-2-1-4-25(30)22-39-15-3-6-34(39)42/h1-2,4-5,7-12,19-21,27,40H,3,6,13-18,22H2,(H,37,43)/t27-/m0/s1. The number of piperidine rings is 1. The Labute approximate surface area is 260 Å². The number of carbonyl (C=O) groups excluding carboxylic acids is 2. The predicted molar refractivity (Wildman–Crippen MR) is 171 cm³/mol. The number of hydrogen-bond donors (Lipinski definition) is 2. The number of fused-ring (bicyclic) bond motifs is 1. The van der Waals surface area contributed by atoms with Crippen LogP contribution in [0.25, 0.3) is 11.0 Å². The van der Waals surface area contributed by atoms with Crippen LogP contribution in [0.2, 0.25) is 5.02 Å². The minimum atomic E-state index is -0.508. The van der Waals surface area contributed by atoms with Crippen molar-refractivity contribution >= 4 is 40.1 Å². The van der Waals surface area contributed by atoms with Gasteiger partial charge in [0.2, 0.25) is 5.91 Å². The Morgan fingerprint density at radius 3 is 2.50 bits per heavy atom. The monoisotopic (exact) mass is 611 g/mol. The highest BCUT2D eigenvalue weighted by molar-refractivity contribution is 6.30. The molecule has 0 bridgehead atoms. The lowest BCUT2D eigenvalue weighted by atomic mass is 9.97. The highest BCUT2D eigenvalue weighted by Gasteiger charge is 2.24. The number of nitrogens with zero attached hydrogens (tertiary/aromatic N) is 2. The molecule has 2 aliphatic heterocycles. The van der Waals surface area contributed by atoms with Gasteiger partial charge >= 0.3 is 0 Å². The number of para-hydroxylation sites is 1. The van der Waals surface area contributed by atoms with Crippen LogP contribution in [0.4, 0.5) is 5.69 Å². The fraction of sp³-hybridized carbons (Fsp3) is 0.286. The molecule has 3 heterocycles. The van der Waals surface area contributed by atoms with Crippen molar-refractivity contribution in [1.29, 1.82) is 0 Å². The highest BCUT2D eigenvalue weighted by atomic mass is 35.5. The summed E-state index contributed by atoms with van der Waals surface area (Å²) in [5.74, 6) is -0.456. The van der Waals surface area contributed by atoms with Gasteiger partial charge in [-0.2, -0.15) is 0 Å². The van der Waals surface area contributed by atoms with E-state index in [9.17, 15) is 19.5 Å². The molecule has 2 fully saturated rings. The molecule has 44 heavy (non-hydrogen) atoms. The minimum Gasteiger partial charge on any atom is -0.508 e. The summed E-state index contributed by atoms with van der Waals surface area (Å²) < 4.78 is 5.73. The first kappa shape index (κ1) is 29.5. The first-order valence-corrected chi connectivity index (χ1v) is 15.3. The summed E-state index contributed by atoms with van der Waals surface area (Å²) in [5.41, 5.74) is 4.35. The predicted octanol–water partition coefficient (Wildman–Crippen LogP) is 5.84. The van der Waals surface area contributed by atoms with E-state index < -0.39 is 5.91 Å². The van der Waals surface area contributed by atoms with Gasteiger partial charge in [0.25, 0.3) is 5.91 Å². The van der Waals surface area contributed by atoms with Crippen LogP contribution in [0.3, 0.4) is 0 Å². The number of aromatic hydroxyl groups is 1. The van der Waals surface area contributed by atoms with Crippen LogP contribution in [0.15, 0.2) is 93.7 Å². The summed E-state index contributed by atoms with van der Waals surface area (Å²) in [6.07, 6.45) is 5.85. The zero-order chi connectivity index (χ0) is 30.6. The summed E-state index contributed by atoms with van der Waals surface area (Å²) in [4.78, 5) is 42.6. The molecule has 1 aromatic heterocycles. The molecule has 2 saturated heterocycles. The second kappa shape index (κ2) is 13.0. The van der Waals surface area contributed by atoms with Crippen molar-refractivity contribution in [3.63, 3.8) is 0 Å². The molecule has 0 spiro atoms. The number of amides is 2. The van der Waals surface area contributed by atoms with Crippen LogP contribution < -0.4 is 15.6 Å². The van der Waals surface area contributed by atoms with Crippen LogP contribution >= 0.6 is 11.6 Å². The SMILES string of the molecule is O=C(N[C@H](C=C1CCN(c2ccccc2CN2CCCC2=O)CC1)Cc1ccc(Cl)cc1)c1cc(=O)c2ccc(O)cc2o1. The molecular weight excluding hydrogens is 578 g/mol. The maximum Gasteiger partial charge on any atom is 0.287 e. The molecule has 2 aliphatic rings. The van der Waals surface area contributed by atoms with E-state index in [1.165, 1.54) is 29.8 Å². The third-order valence-electron chi connectivity index (χ3n) is 8.33. The van der Waals surface area contributed by atoms with Crippen molar-refractivity contribution in [1.82, 2.24) is 10.2 Å². The summed E-state index contributed by atoms with van der Waals surface area (Å²) in [6.45, 7) is 3.09. The van der Waals surface area contributed by atoms with E-state index in [0.29, 0.717) is 29.8 Å². The molecular formula is C35H34ClN3O5. The zero-order valence-corrected chi connectivity index (χ0v) is 25.1. The molecule has 2 amide bonds. The van der Waals surface area contributed by atoms with E-state index in [1.807, 2.05) is 41.3 Å². The molecule has 1 atom stereocenters. The normalized spacial score (nSPS) is 15.9. The number of hydrogen-bond acceptors (Lipinski definition) is 6. The second-order valence-electron chi connectivity index (χ2n) is 11.4. The molecule has 226 valence electrons. The first-order chi connectivity index (χ1) is 21.3.